The van der Waals surface area contributed by atoms with E-state index >= 15 is 0 Å². The molecule has 0 saturated carbocycles. The van der Waals surface area contributed by atoms with Crippen molar-refractivity contribution in [3.63, 3.8) is 0 Å². The summed E-state index contributed by atoms with van der Waals surface area (Å²) in [5.41, 5.74) is -0.913. The summed E-state index contributed by atoms with van der Waals surface area (Å²) < 4.78 is 1.10. The summed E-state index contributed by atoms with van der Waals surface area (Å²) in [6.07, 6.45) is 0. The van der Waals surface area contributed by atoms with Crippen LogP contribution in [-0.4, -0.2) is 25.0 Å². The van der Waals surface area contributed by atoms with Gasteiger partial charge in [0, 0.05) is 23.7 Å². The monoisotopic (exact) mass is 453 g/mol. The first-order valence-electron chi connectivity index (χ1n) is 8.86. The summed E-state index contributed by atoms with van der Waals surface area (Å²) in [6.45, 7) is 5.67. The van der Waals surface area contributed by atoms with Crippen molar-refractivity contribution in [3.05, 3.63) is 65.0 Å². The van der Waals surface area contributed by atoms with Gasteiger partial charge in [0.1, 0.15) is 0 Å². The molecule has 2 aromatic heterocycles. The van der Waals surface area contributed by atoms with Crippen LogP contribution in [0.2, 0.25) is 10.0 Å². The molecule has 0 unspecified atom stereocenters. The van der Waals surface area contributed by atoms with Gasteiger partial charge in [-0.25, -0.2) is 14.6 Å². The van der Waals surface area contributed by atoms with Gasteiger partial charge in [-0.05, 0) is 25.0 Å². The lowest BCUT2D eigenvalue weighted by Crippen LogP contribution is -2.33. The summed E-state index contributed by atoms with van der Waals surface area (Å²) >= 11 is 12.5. The molecule has 12 heteroatoms. The number of hydrogen-bond acceptors (Lipinski definition) is 7. The van der Waals surface area contributed by atoms with Gasteiger partial charge in [0.25, 0.3) is 17.0 Å². The SMILES string of the molecule is CCn1nc(-c2cc(Cl)c(OOc3cc(C(C)C)c(=O)[nH]n3)c(Cl)c2)c(=O)[nH]c1=O. The Morgan fingerprint density at radius 2 is 1.73 bits per heavy atom. The number of hydrogen-bond donors (Lipinski definition) is 2. The first-order valence-corrected chi connectivity index (χ1v) is 9.61. The summed E-state index contributed by atoms with van der Waals surface area (Å²) in [5, 5.41) is 10.1. The van der Waals surface area contributed by atoms with Crippen LogP contribution in [0.25, 0.3) is 11.3 Å². The number of rotatable bonds is 6. The number of halogens is 2. The number of nitrogens with zero attached hydrogens (tertiary/aromatic N) is 3. The molecule has 1 aromatic carbocycles. The van der Waals surface area contributed by atoms with Gasteiger partial charge in [0.05, 0.1) is 10.0 Å². The van der Waals surface area contributed by atoms with Crippen molar-refractivity contribution in [2.75, 3.05) is 0 Å². The van der Waals surface area contributed by atoms with E-state index in [0.717, 1.165) is 4.68 Å². The number of benzene rings is 1. The number of H-pyrrole nitrogens is 2. The molecule has 0 fully saturated rings. The third kappa shape index (κ3) is 4.39. The fraction of sp³-hybridized carbons (Fsp3) is 0.278. The largest absolute Gasteiger partial charge is 0.344 e. The molecule has 10 nitrogen and oxygen atoms in total. The molecule has 0 aliphatic carbocycles. The van der Waals surface area contributed by atoms with Gasteiger partial charge < -0.3 is 0 Å². The van der Waals surface area contributed by atoms with Crippen molar-refractivity contribution in [1.82, 2.24) is 25.0 Å². The van der Waals surface area contributed by atoms with Crippen LogP contribution in [0.5, 0.6) is 11.6 Å². The minimum absolute atomic E-state index is 0.00245. The Balaban J connectivity index is 1.91. The Morgan fingerprint density at radius 3 is 2.33 bits per heavy atom. The maximum absolute atomic E-state index is 12.1. The molecule has 0 amide bonds. The maximum Gasteiger partial charge on any atom is 0.344 e. The summed E-state index contributed by atoms with van der Waals surface area (Å²) in [6, 6.07) is 4.24. The first-order chi connectivity index (χ1) is 14.2. The Morgan fingerprint density at radius 1 is 1.07 bits per heavy atom. The Bertz CT molecular complexity index is 1240. The molecule has 0 atom stereocenters. The minimum atomic E-state index is -0.680. The van der Waals surface area contributed by atoms with Gasteiger partial charge in [0.15, 0.2) is 5.69 Å². The molecular weight excluding hydrogens is 437 g/mol. The van der Waals surface area contributed by atoms with Crippen molar-refractivity contribution < 1.29 is 9.78 Å². The van der Waals surface area contributed by atoms with E-state index in [1.807, 2.05) is 13.8 Å². The predicted molar refractivity (Wildman–Crippen MR) is 110 cm³/mol. The fourth-order valence-electron chi connectivity index (χ4n) is 2.57. The summed E-state index contributed by atoms with van der Waals surface area (Å²) in [5.74, 6) is -0.0772. The van der Waals surface area contributed by atoms with Crippen molar-refractivity contribution in [2.24, 2.45) is 0 Å². The Labute approximate surface area is 179 Å². The second kappa shape index (κ2) is 8.72. The molecule has 0 aliphatic heterocycles. The van der Waals surface area contributed by atoms with Crippen LogP contribution in [0.15, 0.2) is 32.6 Å². The minimum Gasteiger partial charge on any atom is -0.285 e. The predicted octanol–water partition coefficient (Wildman–Crippen LogP) is 2.50. The maximum atomic E-state index is 12.1. The lowest BCUT2D eigenvalue weighted by molar-refractivity contribution is -0.105. The summed E-state index contributed by atoms with van der Waals surface area (Å²) in [4.78, 5) is 48.1. The molecule has 0 spiro atoms. The van der Waals surface area contributed by atoms with E-state index in [0.29, 0.717) is 5.56 Å². The lowest BCUT2D eigenvalue weighted by atomic mass is 10.1. The number of aromatic amines is 2. The van der Waals surface area contributed by atoms with E-state index in [-0.39, 0.29) is 51.0 Å². The molecule has 0 bridgehead atoms. The lowest BCUT2D eigenvalue weighted by Gasteiger charge is -2.11. The van der Waals surface area contributed by atoms with Crippen LogP contribution in [0.3, 0.4) is 0 Å². The normalized spacial score (nSPS) is 11.0. The number of aryl methyl sites for hydroxylation is 1. The molecule has 30 heavy (non-hydrogen) atoms. The van der Waals surface area contributed by atoms with Crippen LogP contribution in [-0.2, 0) is 6.54 Å². The van der Waals surface area contributed by atoms with Crippen LogP contribution >= 0.6 is 23.2 Å². The first kappa shape index (κ1) is 21.6. The van der Waals surface area contributed by atoms with Gasteiger partial charge in [-0.2, -0.15) is 5.10 Å². The molecule has 2 heterocycles. The second-order valence-electron chi connectivity index (χ2n) is 6.50. The molecule has 0 saturated heterocycles. The Kier molecular flexibility index (Phi) is 6.28. The molecule has 2 N–H and O–H groups in total. The van der Waals surface area contributed by atoms with E-state index in [4.69, 9.17) is 33.0 Å². The number of nitrogens with one attached hydrogen (secondary N) is 2. The van der Waals surface area contributed by atoms with Crippen molar-refractivity contribution >= 4 is 23.2 Å². The zero-order valence-electron chi connectivity index (χ0n) is 16.2. The van der Waals surface area contributed by atoms with Crippen LogP contribution in [0.1, 0.15) is 32.3 Å². The quantitative estimate of drug-likeness (QED) is 0.432. The highest BCUT2D eigenvalue weighted by atomic mass is 35.5. The van der Waals surface area contributed by atoms with Crippen molar-refractivity contribution in [3.8, 4) is 22.9 Å². The highest BCUT2D eigenvalue weighted by Gasteiger charge is 2.17. The fourth-order valence-corrected chi connectivity index (χ4v) is 3.12. The molecule has 158 valence electrons. The van der Waals surface area contributed by atoms with Gasteiger partial charge in [-0.15, -0.1) is 5.10 Å². The van der Waals surface area contributed by atoms with E-state index in [1.54, 1.807) is 6.92 Å². The van der Waals surface area contributed by atoms with Crippen molar-refractivity contribution in [2.45, 2.75) is 33.2 Å². The highest BCUT2D eigenvalue weighted by Crippen LogP contribution is 2.36. The van der Waals surface area contributed by atoms with Gasteiger partial charge in [-0.3, -0.25) is 24.3 Å². The third-order valence-electron chi connectivity index (χ3n) is 4.10. The van der Waals surface area contributed by atoms with E-state index < -0.39 is 11.2 Å². The molecule has 3 rings (SSSR count). The summed E-state index contributed by atoms with van der Waals surface area (Å²) in [7, 11) is 0. The van der Waals surface area contributed by atoms with E-state index in [2.05, 4.69) is 20.3 Å². The molecule has 3 aromatic rings. The van der Waals surface area contributed by atoms with E-state index in [9.17, 15) is 14.4 Å². The third-order valence-corrected chi connectivity index (χ3v) is 4.66. The van der Waals surface area contributed by atoms with Gasteiger partial charge >= 0.3 is 5.69 Å². The number of aromatic nitrogens is 5. The van der Waals surface area contributed by atoms with Crippen LogP contribution in [0.4, 0.5) is 0 Å². The van der Waals surface area contributed by atoms with Gasteiger partial charge in [-0.1, -0.05) is 37.0 Å². The topological polar surface area (TPSA) is 132 Å². The standard InChI is InChI=1S/C18H17Cl2N5O5/c1-4-25-18(28)21-17(27)14(24-25)9-5-11(19)15(12(20)6-9)30-29-13-7-10(8(2)3)16(26)23-22-13/h5-8H,4H2,1-3H3,(H,23,26)(H,21,27,28). The Hall–Kier alpha value is -3.11. The molecule has 0 aliphatic rings. The van der Waals surface area contributed by atoms with Crippen LogP contribution < -0.4 is 26.6 Å². The average molecular weight is 454 g/mol. The second-order valence-corrected chi connectivity index (χ2v) is 7.32. The molecular formula is C18H17Cl2N5O5. The highest BCUT2D eigenvalue weighted by molar-refractivity contribution is 6.37. The van der Waals surface area contributed by atoms with Gasteiger partial charge in [0.2, 0.25) is 5.75 Å². The smallest absolute Gasteiger partial charge is 0.285 e. The zero-order valence-corrected chi connectivity index (χ0v) is 17.7. The van der Waals surface area contributed by atoms with E-state index in [1.165, 1.54) is 18.2 Å². The van der Waals surface area contributed by atoms with Crippen LogP contribution in [0, 0.1) is 0 Å². The average Bonchev–Trinajstić information content (AvgIpc) is 2.68. The van der Waals surface area contributed by atoms with Crippen molar-refractivity contribution in [1.29, 1.82) is 0 Å². The molecule has 0 radical (unpaired) electrons. The zero-order chi connectivity index (χ0) is 22.0.